The molecule has 3 N–H and O–H groups in total. The molecule has 0 aliphatic carbocycles. The summed E-state index contributed by atoms with van der Waals surface area (Å²) in [6, 6.07) is 10.0. The van der Waals surface area contributed by atoms with Gasteiger partial charge in [0.25, 0.3) is 10.1 Å². The lowest BCUT2D eigenvalue weighted by Crippen LogP contribution is -2.29. The van der Waals surface area contributed by atoms with Crippen LogP contribution in [0.3, 0.4) is 0 Å². The van der Waals surface area contributed by atoms with Crippen molar-refractivity contribution in [3.8, 4) is 0 Å². The number of carboxylic acids is 1. The molecule has 4 rings (SSSR count). The monoisotopic (exact) mass is 575 g/mol. The summed E-state index contributed by atoms with van der Waals surface area (Å²) in [7, 11) is -4.42. The van der Waals surface area contributed by atoms with E-state index in [0.717, 1.165) is 40.4 Å². The number of benzene rings is 2. The molecule has 0 amide bonds. The van der Waals surface area contributed by atoms with Crippen molar-refractivity contribution in [2.45, 2.75) is 55.2 Å². The molecule has 0 saturated heterocycles. The smallest absolute Gasteiger partial charge is 0.370 e. The molecule has 0 bridgehead atoms. The van der Waals surface area contributed by atoms with Crippen molar-refractivity contribution in [3.05, 3.63) is 71.5 Å². The number of fused-ring (bicyclic) bond motifs is 2. The zero-order valence-electron chi connectivity index (χ0n) is 22.2. The quantitative estimate of drug-likeness (QED) is 0.122. The summed E-state index contributed by atoms with van der Waals surface area (Å²) < 4.78 is 39.4. The van der Waals surface area contributed by atoms with Crippen molar-refractivity contribution < 1.29 is 42.1 Å². The van der Waals surface area contributed by atoms with Crippen LogP contribution in [0.4, 0.5) is 11.4 Å². The van der Waals surface area contributed by atoms with Gasteiger partial charge in [-0.2, -0.15) is 13.0 Å². The minimum absolute atomic E-state index is 0.241. The van der Waals surface area contributed by atoms with E-state index < -0.39 is 21.5 Å². The molecule has 2 aliphatic heterocycles. The van der Waals surface area contributed by atoms with Crippen molar-refractivity contribution >= 4 is 45.2 Å². The molecular weight excluding hydrogens is 544 g/mol. The Morgan fingerprint density at radius 2 is 1.82 bits per heavy atom. The second-order valence-corrected chi connectivity index (χ2v) is 12.5. The van der Waals surface area contributed by atoms with E-state index in [-0.39, 0.29) is 16.9 Å². The Labute approximate surface area is 231 Å². The van der Waals surface area contributed by atoms with E-state index in [9.17, 15) is 22.9 Å². The molecule has 0 unspecified atom stereocenters. The number of carboxylic acid groups (broad SMARTS) is 1. The number of allylic oxidation sites excluding steroid dienone is 4. The minimum atomic E-state index is -4.42. The molecular formula is C27H31N2O8S2+. The number of aliphatic carboxylic acids is 1. The molecule has 0 atom stereocenters. The lowest BCUT2D eigenvalue weighted by molar-refractivity contribution is -0.432. The molecule has 10 nitrogen and oxygen atoms in total. The molecule has 0 aromatic heterocycles. The molecule has 0 fully saturated rings. The summed E-state index contributed by atoms with van der Waals surface area (Å²) in [5.74, 6) is -1.03. The lowest BCUT2D eigenvalue weighted by Gasteiger charge is -2.25. The Kier molecular flexibility index (Phi) is 7.83. The Bertz CT molecular complexity index is 1520. The fourth-order valence-electron chi connectivity index (χ4n) is 5.45. The van der Waals surface area contributed by atoms with Crippen LogP contribution in [0.5, 0.6) is 0 Å². The van der Waals surface area contributed by atoms with Crippen molar-refractivity contribution in [1.82, 2.24) is 0 Å². The van der Waals surface area contributed by atoms with Gasteiger partial charge in [-0.1, -0.05) is 25.0 Å². The van der Waals surface area contributed by atoms with Crippen molar-refractivity contribution in [2.75, 3.05) is 18.0 Å². The first-order chi connectivity index (χ1) is 18.2. The van der Waals surface area contributed by atoms with E-state index in [4.69, 9.17) is 5.26 Å². The second kappa shape index (κ2) is 10.5. The topological polar surface area (TPSA) is 137 Å². The summed E-state index contributed by atoms with van der Waals surface area (Å²) in [6.45, 7) is 10.5. The number of carbonyl (C=O) groups is 1. The highest BCUT2D eigenvalue weighted by atomic mass is 32.2. The summed E-state index contributed by atoms with van der Waals surface area (Å²) in [6.07, 6.45) is 5.73. The Morgan fingerprint density at radius 3 is 2.44 bits per heavy atom. The zero-order chi connectivity index (χ0) is 28.8. The van der Waals surface area contributed by atoms with Crippen LogP contribution in [0.25, 0.3) is 0 Å². The van der Waals surface area contributed by atoms with Crippen molar-refractivity contribution in [3.63, 3.8) is 0 Å². The molecule has 2 aromatic carbocycles. The minimum Gasteiger partial charge on any atom is -0.477 e. The molecule has 0 radical (unpaired) electrons. The molecule has 12 heteroatoms. The molecule has 0 saturated carbocycles. The van der Waals surface area contributed by atoms with Crippen LogP contribution in [0.1, 0.15) is 45.7 Å². The molecule has 208 valence electrons. The van der Waals surface area contributed by atoms with Gasteiger partial charge in [-0.15, -0.1) is 4.33 Å². The van der Waals surface area contributed by atoms with Gasteiger partial charge in [0.05, 0.1) is 22.4 Å². The standard InChI is InChI=1S/C27H30N2O8S2/c1-6-28-21-12-10-17(38-37-36-32)14-19(21)26(2,3)23(28)8-7-9-24-27(4,5)20-15-18(39(33,34)35)11-13-22(20)29(24)16-25(30)31/h7-15H,6,16H2,1-5H3,(H2-,30,31,32,33,34,35)/p+1. The van der Waals surface area contributed by atoms with E-state index in [0.29, 0.717) is 17.0 Å². The van der Waals surface area contributed by atoms with Crippen LogP contribution in [0.15, 0.2) is 70.1 Å². The average Bonchev–Trinajstić information content (AvgIpc) is 3.20. The molecule has 0 spiro atoms. The third-order valence-corrected chi connectivity index (χ3v) is 8.73. The van der Waals surface area contributed by atoms with E-state index in [1.807, 2.05) is 50.3 Å². The van der Waals surface area contributed by atoms with Crippen molar-refractivity contribution in [2.24, 2.45) is 0 Å². The van der Waals surface area contributed by atoms with Crippen LogP contribution in [-0.4, -0.2) is 52.7 Å². The number of hydrogen-bond acceptors (Lipinski definition) is 8. The van der Waals surface area contributed by atoms with Gasteiger partial charge in [0.15, 0.2) is 5.71 Å². The van der Waals surface area contributed by atoms with E-state index in [1.165, 1.54) is 18.2 Å². The highest BCUT2D eigenvalue weighted by molar-refractivity contribution is 7.94. The van der Waals surface area contributed by atoms with E-state index in [2.05, 4.69) is 35.0 Å². The fraction of sp³-hybridized carbons (Fsp3) is 0.333. The SMILES string of the molecule is CCN1C(=CC=CC2=[N+](CC(=O)O)c3ccc(S(=O)(=O)O)cc3C2(C)C)C(C)(C)c2cc(SOOO)ccc21. The van der Waals surface area contributed by atoms with Crippen molar-refractivity contribution in [1.29, 1.82) is 0 Å². The average molecular weight is 576 g/mol. The van der Waals surface area contributed by atoms with Crippen LogP contribution < -0.4 is 4.90 Å². The third kappa shape index (κ3) is 5.28. The van der Waals surface area contributed by atoms with Crippen LogP contribution in [0.2, 0.25) is 0 Å². The molecule has 2 aromatic rings. The van der Waals surface area contributed by atoms with Gasteiger partial charge < -0.3 is 10.0 Å². The van der Waals surface area contributed by atoms with Gasteiger partial charge in [0.2, 0.25) is 12.2 Å². The maximum atomic E-state index is 11.8. The predicted octanol–water partition coefficient (Wildman–Crippen LogP) is 5.08. The normalized spacial score (nSPS) is 18.7. The number of likely N-dealkylation sites (N-methyl/N-ethyl adjacent to an activating group) is 1. The Balaban J connectivity index is 1.76. The number of nitrogens with zero attached hydrogens (tertiary/aromatic N) is 2. The Morgan fingerprint density at radius 1 is 1.10 bits per heavy atom. The zero-order valence-corrected chi connectivity index (χ0v) is 23.8. The van der Waals surface area contributed by atoms with Gasteiger partial charge in [-0.3, -0.25) is 4.55 Å². The summed E-state index contributed by atoms with van der Waals surface area (Å²) in [4.78, 5) is 14.5. The van der Waals surface area contributed by atoms with Gasteiger partial charge in [-0.05, 0) is 62.7 Å². The molecule has 2 aliphatic rings. The lowest BCUT2D eigenvalue weighted by atomic mass is 9.81. The van der Waals surface area contributed by atoms with E-state index in [1.54, 1.807) is 4.58 Å². The number of hydrogen-bond donors (Lipinski definition) is 3. The first-order valence-electron chi connectivity index (χ1n) is 12.2. The molecule has 39 heavy (non-hydrogen) atoms. The summed E-state index contributed by atoms with van der Waals surface area (Å²) in [5, 5.41) is 21.8. The fourth-order valence-corrected chi connectivity index (χ4v) is 6.36. The third-order valence-electron chi connectivity index (χ3n) is 7.30. The maximum Gasteiger partial charge on any atom is 0.370 e. The summed E-state index contributed by atoms with van der Waals surface area (Å²) in [5.41, 5.74) is 3.89. The Hall–Kier alpha value is -3.00. The highest BCUT2D eigenvalue weighted by Crippen LogP contribution is 2.49. The van der Waals surface area contributed by atoms with Crippen LogP contribution in [-0.2, 0) is 35.1 Å². The predicted molar refractivity (Wildman–Crippen MR) is 147 cm³/mol. The first-order valence-corrected chi connectivity index (χ1v) is 14.4. The van der Waals surface area contributed by atoms with E-state index >= 15 is 0 Å². The van der Waals surface area contributed by atoms with Crippen LogP contribution in [0, 0.1) is 0 Å². The van der Waals surface area contributed by atoms with Gasteiger partial charge >= 0.3 is 5.97 Å². The number of rotatable bonds is 9. The van der Waals surface area contributed by atoms with Gasteiger partial charge in [-0.25, -0.2) is 10.1 Å². The second-order valence-electron chi connectivity index (χ2n) is 10.3. The maximum absolute atomic E-state index is 11.8. The van der Waals surface area contributed by atoms with Crippen LogP contribution >= 0.6 is 12.0 Å². The first kappa shape index (κ1) is 29.0. The largest absolute Gasteiger partial charge is 0.477 e. The van der Waals surface area contributed by atoms with Gasteiger partial charge in [0, 0.05) is 45.9 Å². The highest BCUT2D eigenvalue weighted by Gasteiger charge is 2.46. The number of anilines is 1. The van der Waals surface area contributed by atoms with Gasteiger partial charge in [0.1, 0.15) is 0 Å². The molecule has 2 heterocycles. The summed E-state index contributed by atoms with van der Waals surface area (Å²) >= 11 is 0.899.